The summed E-state index contributed by atoms with van der Waals surface area (Å²) in [6.45, 7) is 7.16. The summed E-state index contributed by atoms with van der Waals surface area (Å²) in [5, 5.41) is 0.618. The minimum Gasteiger partial charge on any atom is -0.465 e. The summed E-state index contributed by atoms with van der Waals surface area (Å²) in [6, 6.07) is 2.10. The Morgan fingerprint density at radius 3 is 2.83 bits per heavy atom. The van der Waals surface area contributed by atoms with Crippen molar-refractivity contribution in [2.24, 2.45) is 0 Å². The van der Waals surface area contributed by atoms with Gasteiger partial charge in [-0.2, -0.15) is 0 Å². The molecule has 0 saturated heterocycles. The molecule has 1 aromatic rings. The number of aromatic nitrogens is 1. The largest absolute Gasteiger partial charge is 0.465 e. The molecule has 0 saturated carbocycles. The Bertz CT molecular complexity index is 396. The van der Waals surface area contributed by atoms with E-state index in [1.807, 2.05) is 24.8 Å². The minimum absolute atomic E-state index is 0.212. The molecular weight excluding hydrogens is 252 g/mol. The van der Waals surface area contributed by atoms with Crippen molar-refractivity contribution in [3.05, 3.63) is 29.0 Å². The molecule has 0 atom stereocenters. The Hall–Kier alpha value is -1.13. The lowest BCUT2D eigenvalue weighted by Gasteiger charge is -2.25. The van der Waals surface area contributed by atoms with Crippen LogP contribution in [0.1, 0.15) is 26.3 Å². The number of rotatable bonds is 6. The van der Waals surface area contributed by atoms with Crippen LogP contribution in [0.3, 0.4) is 0 Å². The van der Waals surface area contributed by atoms with E-state index < -0.39 is 0 Å². The second-order valence-electron chi connectivity index (χ2n) is 4.27. The van der Waals surface area contributed by atoms with Crippen LogP contribution in [0.2, 0.25) is 5.02 Å². The quantitative estimate of drug-likeness (QED) is 0.745. The summed E-state index contributed by atoms with van der Waals surface area (Å²) >= 11 is 6.07. The highest BCUT2D eigenvalue weighted by atomic mass is 35.5. The number of nitrogens with zero attached hydrogens (tertiary/aromatic N) is 2. The number of carbonyl (C=O) groups is 1. The number of hydrogen-bond acceptors (Lipinski definition) is 4. The number of carbonyl (C=O) groups excluding carboxylic acids is 1. The van der Waals surface area contributed by atoms with E-state index in [2.05, 4.69) is 4.98 Å². The lowest BCUT2D eigenvalue weighted by molar-refractivity contribution is -0.145. The predicted molar refractivity (Wildman–Crippen MR) is 71.4 cm³/mol. The van der Waals surface area contributed by atoms with Gasteiger partial charge >= 0.3 is 5.97 Å². The van der Waals surface area contributed by atoms with Gasteiger partial charge in [0.2, 0.25) is 0 Å². The monoisotopic (exact) mass is 270 g/mol. The Morgan fingerprint density at radius 2 is 2.28 bits per heavy atom. The van der Waals surface area contributed by atoms with Crippen molar-refractivity contribution in [1.29, 1.82) is 0 Å². The Labute approximate surface area is 113 Å². The van der Waals surface area contributed by atoms with Gasteiger partial charge in [0.05, 0.1) is 18.2 Å². The minimum atomic E-state index is -0.212. The lowest BCUT2D eigenvalue weighted by Crippen LogP contribution is -2.36. The van der Waals surface area contributed by atoms with Gasteiger partial charge in [0, 0.05) is 25.0 Å². The van der Waals surface area contributed by atoms with Crippen molar-refractivity contribution in [1.82, 2.24) is 9.88 Å². The van der Waals surface area contributed by atoms with Crippen LogP contribution in [0.4, 0.5) is 0 Å². The van der Waals surface area contributed by atoms with Crippen LogP contribution in [-0.4, -0.2) is 35.0 Å². The first-order valence-electron chi connectivity index (χ1n) is 6.02. The molecule has 18 heavy (non-hydrogen) atoms. The first-order valence-corrected chi connectivity index (χ1v) is 6.40. The van der Waals surface area contributed by atoms with Crippen molar-refractivity contribution in [3.8, 4) is 0 Å². The zero-order chi connectivity index (χ0) is 13.5. The van der Waals surface area contributed by atoms with E-state index in [1.54, 1.807) is 19.3 Å². The van der Waals surface area contributed by atoms with Crippen molar-refractivity contribution in [2.75, 3.05) is 13.2 Å². The van der Waals surface area contributed by atoms with E-state index in [1.165, 1.54) is 0 Å². The summed E-state index contributed by atoms with van der Waals surface area (Å²) in [5.74, 6) is -0.212. The summed E-state index contributed by atoms with van der Waals surface area (Å²) < 4.78 is 4.96. The number of ether oxygens (including phenoxy) is 1. The maximum Gasteiger partial charge on any atom is 0.320 e. The van der Waals surface area contributed by atoms with Crippen LogP contribution in [0.5, 0.6) is 0 Å². The zero-order valence-corrected chi connectivity index (χ0v) is 11.8. The van der Waals surface area contributed by atoms with Gasteiger partial charge in [-0.25, -0.2) is 0 Å². The number of halogens is 1. The third-order valence-electron chi connectivity index (χ3n) is 2.60. The molecule has 1 aromatic heterocycles. The normalized spacial score (nSPS) is 11.0. The van der Waals surface area contributed by atoms with Gasteiger partial charge in [-0.15, -0.1) is 0 Å². The fraction of sp³-hybridized carbons (Fsp3) is 0.538. The molecule has 0 unspecified atom stereocenters. The Kier molecular flexibility index (Phi) is 6.09. The number of hydrogen-bond donors (Lipinski definition) is 0. The molecule has 0 aliphatic carbocycles. The summed E-state index contributed by atoms with van der Waals surface area (Å²) in [6.07, 6.45) is 3.31. The van der Waals surface area contributed by atoms with Gasteiger partial charge in [-0.05, 0) is 32.4 Å². The molecule has 0 fully saturated rings. The predicted octanol–water partition coefficient (Wildman–Crippen LogP) is 2.51. The van der Waals surface area contributed by atoms with Crippen LogP contribution >= 0.6 is 11.6 Å². The first kappa shape index (κ1) is 14.9. The van der Waals surface area contributed by atoms with E-state index in [9.17, 15) is 4.79 Å². The lowest BCUT2D eigenvalue weighted by atomic mass is 10.2. The van der Waals surface area contributed by atoms with Crippen molar-refractivity contribution in [2.45, 2.75) is 33.4 Å². The van der Waals surface area contributed by atoms with Crippen LogP contribution in [-0.2, 0) is 16.1 Å². The van der Waals surface area contributed by atoms with Gasteiger partial charge < -0.3 is 4.74 Å². The highest BCUT2D eigenvalue weighted by Crippen LogP contribution is 2.16. The van der Waals surface area contributed by atoms with E-state index in [0.29, 0.717) is 18.2 Å². The smallest absolute Gasteiger partial charge is 0.320 e. The Balaban J connectivity index is 2.69. The molecule has 0 amide bonds. The van der Waals surface area contributed by atoms with Crippen molar-refractivity contribution < 1.29 is 9.53 Å². The van der Waals surface area contributed by atoms with Crippen LogP contribution < -0.4 is 0 Å². The summed E-state index contributed by atoms with van der Waals surface area (Å²) in [5.41, 5.74) is 0.963. The molecular formula is C13H19ClN2O2. The Morgan fingerprint density at radius 1 is 1.56 bits per heavy atom. The molecule has 0 aliphatic heterocycles. The molecule has 1 rings (SSSR count). The second kappa shape index (κ2) is 7.34. The molecule has 0 radical (unpaired) electrons. The van der Waals surface area contributed by atoms with Crippen LogP contribution in [0.25, 0.3) is 0 Å². The van der Waals surface area contributed by atoms with E-state index in [4.69, 9.17) is 16.3 Å². The van der Waals surface area contributed by atoms with E-state index in [-0.39, 0.29) is 18.6 Å². The second-order valence-corrected chi connectivity index (χ2v) is 4.68. The molecule has 0 N–H and O–H groups in total. The SMILES string of the molecule is CCOC(=O)CN(Cc1ccncc1Cl)C(C)C. The third-order valence-corrected chi connectivity index (χ3v) is 2.94. The topological polar surface area (TPSA) is 42.4 Å². The van der Waals surface area contributed by atoms with Gasteiger partial charge in [-0.3, -0.25) is 14.7 Å². The molecule has 100 valence electrons. The third kappa shape index (κ3) is 4.63. The summed E-state index contributed by atoms with van der Waals surface area (Å²) in [7, 11) is 0. The van der Waals surface area contributed by atoms with Crippen molar-refractivity contribution >= 4 is 17.6 Å². The zero-order valence-electron chi connectivity index (χ0n) is 11.0. The average molecular weight is 271 g/mol. The van der Waals surface area contributed by atoms with Gasteiger partial charge in [-0.1, -0.05) is 11.6 Å². The number of pyridine rings is 1. The van der Waals surface area contributed by atoms with Gasteiger partial charge in [0.15, 0.2) is 0 Å². The summed E-state index contributed by atoms with van der Waals surface area (Å²) in [4.78, 5) is 17.5. The van der Waals surface area contributed by atoms with Gasteiger partial charge in [0.1, 0.15) is 0 Å². The number of esters is 1. The maximum absolute atomic E-state index is 11.5. The molecule has 0 aliphatic rings. The fourth-order valence-corrected chi connectivity index (χ4v) is 1.72. The van der Waals surface area contributed by atoms with E-state index in [0.717, 1.165) is 5.56 Å². The fourth-order valence-electron chi connectivity index (χ4n) is 1.54. The van der Waals surface area contributed by atoms with E-state index >= 15 is 0 Å². The highest BCUT2D eigenvalue weighted by molar-refractivity contribution is 6.31. The molecule has 0 bridgehead atoms. The standard InChI is InChI=1S/C13H19ClN2O2/c1-4-18-13(17)9-16(10(2)3)8-11-5-6-15-7-12(11)14/h5-7,10H,4,8-9H2,1-3H3. The maximum atomic E-state index is 11.5. The van der Waals surface area contributed by atoms with Crippen LogP contribution in [0, 0.1) is 0 Å². The molecule has 0 spiro atoms. The highest BCUT2D eigenvalue weighted by Gasteiger charge is 2.16. The first-order chi connectivity index (χ1) is 8.54. The molecule has 0 aromatic carbocycles. The molecule has 4 nitrogen and oxygen atoms in total. The molecule has 5 heteroatoms. The van der Waals surface area contributed by atoms with Gasteiger partial charge in [0.25, 0.3) is 0 Å². The van der Waals surface area contributed by atoms with Crippen LogP contribution in [0.15, 0.2) is 18.5 Å². The van der Waals surface area contributed by atoms with Crippen molar-refractivity contribution in [3.63, 3.8) is 0 Å². The average Bonchev–Trinajstić information content (AvgIpc) is 2.31. The molecule has 1 heterocycles.